The summed E-state index contributed by atoms with van der Waals surface area (Å²) in [6, 6.07) is 6.92. The Morgan fingerprint density at radius 3 is 2.53 bits per heavy atom. The molecule has 0 aliphatic heterocycles. The van der Waals surface area contributed by atoms with Gasteiger partial charge in [-0.1, -0.05) is 18.2 Å². The van der Waals surface area contributed by atoms with Crippen LogP contribution in [0.25, 0.3) is 0 Å². The van der Waals surface area contributed by atoms with Crippen LogP contribution >= 0.6 is 27.3 Å². The third-order valence-electron chi connectivity index (χ3n) is 2.64. The molecule has 2 rings (SSSR count). The lowest BCUT2D eigenvalue weighted by atomic mass is 9.99. The molecule has 2 aromatic rings. The van der Waals surface area contributed by atoms with Gasteiger partial charge in [0.1, 0.15) is 0 Å². The van der Waals surface area contributed by atoms with Gasteiger partial charge in [0.15, 0.2) is 0 Å². The standard InChI is InChI=1S/C13H10BrF3OS/c14-8-5-9(19-7-8)6-12(18)10-3-1-2-4-11(10)13(15,16)17/h1-5,7,12,18H,6H2. The number of hydrogen-bond donors (Lipinski definition) is 1. The molecule has 6 heteroatoms. The maximum atomic E-state index is 12.8. The molecule has 0 radical (unpaired) electrons. The largest absolute Gasteiger partial charge is 0.416 e. The van der Waals surface area contributed by atoms with Crippen molar-refractivity contribution in [3.05, 3.63) is 56.2 Å². The molecule has 1 N–H and O–H groups in total. The van der Waals surface area contributed by atoms with Gasteiger partial charge in [0.05, 0.1) is 11.7 Å². The molecule has 102 valence electrons. The minimum atomic E-state index is -4.45. The van der Waals surface area contributed by atoms with Gasteiger partial charge >= 0.3 is 6.18 Å². The fraction of sp³-hybridized carbons (Fsp3) is 0.231. The van der Waals surface area contributed by atoms with Gasteiger partial charge in [-0.05, 0) is 33.6 Å². The van der Waals surface area contributed by atoms with E-state index in [0.29, 0.717) is 0 Å². The fourth-order valence-electron chi connectivity index (χ4n) is 1.81. The number of hydrogen-bond acceptors (Lipinski definition) is 2. The monoisotopic (exact) mass is 350 g/mol. The molecule has 1 nitrogen and oxygen atoms in total. The average molecular weight is 351 g/mol. The maximum Gasteiger partial charge on any atom is 0.416 e. The zero-order valence-corrected chi connectivity index (χ0v) is 12.0. The molecule has 0 spiro atoms. The summed E-state index contributed by atoms with van der Waals surface area (Å²) in [5.74, 6) is 0. The minimum absolute atomic E-state index is 0.0838. The van der Waals surface area contributed by atoms with E-state index >= 15 is 0 Å². The summed E-state index contributed by atoms with van der Waals surface area (Å²) >= 11 is 4.67. The van der Waals surface area contributed by atoms with Crippen molar-refractivity contribution < 1.29 is 18.3 Å². The van der Waals surface area contributed by atoms with Crippen molar-refractivity contribution in [2.45, 2.75) is 18.7 Å². The summed E-state index contributed by atoms with van der Waals surface area (Å²) in [6.07, 6.45) is -5.44. The van der Waals surface area contributed by atoms with Crippen LogP contribution in [0, 0.1) is 0 Å². The molecular formula is C13H10BrF3OS. The van der Waals surface area contributed by atoms with Crippen LogP contribution in [0.4, 0.5) is 13.2 Å². The summed E-state index contributed by atoms with van der Waals surface area (Å²) in [4.78, 5) is 0.830. The lowest BCUT2D eigenvalue weighted by molar-refractivity contribution is -0.139. The van der Waals surface area contributed by atoms with E-state index in [4.69, 9.17) is 0 Å². The van der Waals surface area contributed by atoms with E-state index in [-0.39, 0.29) is 12.0 Å². The van der Waals surface area contributed by atoms with Gasteiger partial charge in [-0.15, -0.1) is 11.3 Å². The van der Waals surface area contributed by atoms with Crippen molar-refractivity contribution >= 4 is 27.3 Å². The molecule has 0 saturated heterocycles. The zero-order chi connectivity index (χ0) is 14.0. The van der Waals surface area contributed by atoms with Crippen LogP contribution in [-0.2, 0) is 12.6 Å². The van der Waals surface area contributed by atoms with Crippen molar-refractivity contribution in [1.29, 1.82) is 0 Å². The van der Waals surface area contributed by atoms with Crippen LogP contribution in [0.15, 0.2) is 40.2 Å². The maximum absolute atomic E-state index is 12.8. The van der Waals surface area contributed by atoms with Crippen LogP contribution in [0.5, 0.6) is 0 Å². The van der Waals surface area contributed by atoms with E-state index in [1.54, 1.807) is 6.07 Å². The van der Waals surface area contributed by atoms with E-state index in [1.165, 1.54) is 29.5 Å². The first kappa shape index (κ1) is 14.6. The molecule has 0 bridgehead atoms. The van der Waals surface area contributed by atoms with Crippen molar-refractivity contribution in [2.24, 2.45) is 0 Å². The van der Waals surface area contributed by atoms with Gasteiger partial charge in [-0.25, -0.2) is 0 Å². The second-order valence-electron chi connectivity index (χ2n) is 4.04. The van der Waals surface area contributed by atoms with E-state index in [2.05, 4.69) is 15.9 Å². The highest BCUT2D eigenvalue weighted by molar-refractivity contribution is 9.10. The summed E-state index contributed by atoms with van der Waals surface area (Å²) < 4.78 is 39.4. The van der Waals surface area contributed by atoms with E-state index in [0.717, 1.165) is 15.4 Å². The van der Waals surface area contributed by atoms with Gasteiger partial charge in [0.25, 0.3) is 0 Å². The first-order valence-electron chi connectivity index (χ1n) is 5.45. The number of benzene rings is 1. The normalized spacial score (nSPS) is 13.5. The Labute approximate surface area is 120 Å². The first-order chi connectivity index (χ1) is 8.88. The van der Waals surface area contributed by atoms with Crippen molar-refractivity contribution in [3.63, 3.8) is 0 Å². The molecule has 1 aromatic carbocycles. The van der Waals surface area contributed by atoms with Crippen LogP contribution in [-0.4, -0.2) is 5.11 Å². The summed E-state index contributed by atoms with van der Waals surface area (Å²) in [7, 11) is 0. The quantitative estimate of drug-likeness (QED) is 0.842. The Kier molecular flexibility index (Phi) is 4.32. The molecule has 1 heterocycles. The Morgan fingerprint density at radius 1 is 1.26 bits per heavy atom. The molecule has 1 atom stereocenters. The Morgan fingerprint density at radius 2 is 1.95 bits per heavy atom. The predicted molar refractivity (Wildman–Crippen MR) is 72.1 cm³/mol. The van der Waals surface area contributed by atoms with Gasteiger partial charge in [-0.3, -0.25) is 0 Å². The molecule has 1 aromatic heterocycles. The number of alkyl halides is 3. The lowest BCUT2D eigenvalue weighted by Gasteiger charge is -2.16. The average Bonchev–Trinajstić information content (AvgIpc) is 2.73. The topological polar surface area (TPSA) is 20.2 Å². The molecule has 0 aliphatic rings. The van der Waals surface area contributed by atoms with Gasteiger partial charge in [0, 0.05) is 21.2 Å². The van der Waals surface area contributed by atoms with Crippen LogP contribution in [0.2, 0.25) is 0 Å². The van der Waals surface area contributed by atoms with Crippen molar-refractivity contribution in [2.75, 3.05) is 0 Å². The third kappa shape index (κ3) is 3.58. The van der Waals surface area contributed by atoms with Gasteiger partial charge in [0.2, 0.25) is 0 Å². The molecule has 0 aliphatic carbocycles. The number of thiophene rings is 1. The fourth-order valence-corrected chi connectivity index (χ4v) is 3.30. The molecule has 0 fully saturated rings. The molecule has 0 amide bonds. The summed E-state index contributed by atoms with van der Waals surface area (Å²) in [5, 5.41) is 11.8. The lowest BCUT2D eigenvalue weighted by Crippen LogP contribution is -2.12. The van der Waals surface area contributed by atoms with E-state index < -0.39 is 17.8 Å². The highest BCUT2D eigenvalue weighted by atomic mass is 79.9. The molecule has 19 heavy (non-hydrogen) atoms. The van der Waals surface area contributed by atoms with E-state index in [1.807, 2.05) is 5.38 Å². The van der Waals surface area contributed by atoms with Crippen molar-refractivity contribution in [1.82, 2.24) is 0 Å². The van der Waals surface area contributed by atoms with Gasteiger partial charge in [-0.2, -0.15) is 13.2 Å². The summed E-state index contributed by atoms with van der Waals surface area (Å²) in [5.41, 5.74) is -0.863. The smallest absolute Gasteiger partial charge is 0.388 e. The van der Waals surface area contributed by atoms with E-state index in [9.17, 15) is 18.3 Å². The van der Waals surface area contributed by atoms with Crippen LogP contribution < -0.4 is 0 Å². The Bertz CT molecular complexity index is 565. The third-order valence-corrected chi connectivity index (χ3v) is 4.36. The van der Waals surface area contributed by atoms with Crippen LogP contribution in [0.1, 0.15) is 22.1 Å². The minimum Gasteiger partial charge on any atom is -0.388 e. The number of halogens is 4. The van der Waals surface area contributed by atoms with Gasteiger partial charge < -0.3 is 5.11 Å². The highest BCUT2D eigenvalue weighted by Gasteiger charge is 2.34. The van der Waals surface area contributed by atoms with Crippen LogP contribution in [0.3, 0.4) is 0 Å². The number of aliphatic hydroxyl groups excluding tert-OH is 1. The second-order valence-corrected chi connectivity index (χ2v) is 5.95. The van der Waals surface area contributed by atoms with Crippen molar-refractivity contribution in [3.8, 4) is 0 Å². The first-order valence-corrected chi connectivity index (χ1v) is 7.12. The number of aliphatic hydroxyl groups is 1. The molecule has 0 saturated carbocycles. The second kappa shape index (κ2) is 5.64. The summed E-state index contributed by atoms with van der Waals surface area (Å²) in [6.45, 7) is 0. The SMILES string of the molecule is OC(Cc1cc(Br)cs1)c1ccccc1C(F)(F)F. The highest BCUT2D eigenvalue weighted by Crippen LogP contribution is 2.36. The zero-order valence-electron chi connectivity index (χ0n) is 9.62. The molecule has 1 unspecified atom stereocenters. The predicted octanol–water partition coefficient (Wildman–Crippen LogP) is 4.81. The Hall–Kier alpha value is -0.850. The molecular weight excluding hydrogens is 341 g/mol. The Balaban J connectivity index is 2.26. The number of rotatable bonds is 3.